The zero-order valence-electron chi connectivity index (χ0n) is 14.4. The van der Waals surface area contributed by atoms with E-state index in [1.165, 1.54) is 51.4 Å². The van der Waals surface area contributed by atoms with Crippen molar-refractivity contribution in [3.05, 3.63) is 0 Å². The molecule has 120 valence electrons. The Balaban J connectivity index is 2.30. The number of hydrogen-bond acceptors (Lipinski definition) is 2. The largest absolute Gasteiger partial charge is 0.330 e. The van der Waals surface area contributed by atoms with Crippen molar-refractivity contribution < 1.29 is 0 Å². The third-order valence-corrected chi connectivity index (χ3v) is 5.33. The summed E-state index contributed by atoms with van der Waals surface area (Å²) in [6.45, 7) is 12.6. The molecule has 1 aliphatic carbocycles. The van der Waals surface area contributed by atoms with Gasteiger partial charge in [-0.05, 0) is 42.6 Å². The Kier molecular flexibility index (Phi) is 7.53. The average molecular weight is 283 g/mol. The highest BCUT2D eigenvalue weighted by Crippen LogP contribution is 2.37. The van der Waals surface area contributed by atoms with Gasteiger partial charge in [-0.2, -0.15) is 0 Å². The monoisotopic (exact) mass is 282 g/mol. The number of nitrogens with two attached hydrogens (primary N) is 1. The van der Waals surface area contributed by atoms with Crippen molar-refractivity contribution in [2.75, 3.05) is 19.6 Å². The summed E-state index contributed by atoms with van der Waals surface area (Å²) < 4.78 is 0. The van der Waals surface area contributed by atoms with Crippen LogP contribution in [0.4, 0.5) is 0 Å². The molecule has 1 fully saturated rings. The molecule has 1 aliphatic rings. The van der Waals surface area contributed by atoms with Crippen LogP contribution >= 0.6 is 0 Å². The van der Waals surface area contributed by atoms with E-state index in [1.54, 1.807) is 0 Å². The van der Waals surface area contributed by atoms with E-state index in [0.717, 1.165) is 25.6 Å². The van der Waals surface area contributed by atoms with Crippen molar-refractivity contribution in [3.8, 4) is 0 Å². The SMILES string of the molecule is CCCCCC(C)(C)CNCC1(CN)CCC(C)CC1. The maximum absolute atomic E-state index is 6.09. The molecule has 0 spiro atoms. The highest BCUT2D eigenvalue weighted by Gasteiger charge is 2.33. The van der Waals surface area contributed by atoms with E-state index in [0.29, 0.717) is 10.8 Å². The van der Waals surface area contributed by atoms with E-state index in [1.807, 2.05) is 0 Å². The molecule has 0 atom stereocenters. The fourth-order valence-electron chi connectivity index (χ4n) is 3.44. The Morgan fingerprint density at radius 1 is 1.20 bits per heavy atom. The Morgan fingerprint density at radius 3 is 2.40 bits per heavy atom. The van der Waals surface area contributed by atoms with E-state index in [4.69, 9.17) is 5.73 Å². The topological polar surface area (TPSA) is 38.0 Å². The fourth-order valence-corrected chi connectivity index (χ4v) is 3.44. The molecule has 2 heteroatoms. The Morgan fingerprint density at radius 2 is 1.85 bits per heavy atom. The first-order valence-electron chi connectivity index (χ1n) is 8.84. The number of hydrogen-bond donors (Lipinski definition) is 2. The van der Waals surface area contributed by atoms with Crippen LogP contribution in [0, 0.1) is 16.7 Å². The molecular weight excluding hydrogens is 244 g/mol. The molecule has 0 unspecified atom stereocenters. The second kappa shape index (κ2) is 8.38. The van der Waals surface area contributed by atoms with Gasteiger partial charge in [0.2, 0.25) is 0 Å². The molecule has 1 saturated carbocycles. The molecule has 0 aliphatic heterocycles. The summed E-state index contributed by atoms with van der Waals surface area (Å²) in [5, 5.41) is 3.75. The van der Waals surface area contributed by atoms with E-state index >= 15 is 0 Å². The lowest BCUT2D eigenvalue weighted by Crippen LogP contribution is -2.45. The molecule has 0 amide bonds. The molecule has 3 N–H and O–H groups in total. The van der Waals surface area contributed by atoms with Gasteiger partial charge >= 0.3 is 0 Å². The van der Waals surface area contributed by atoms with Crippen molar-refractivity contribution >= 4 is 0 Å². The van der Waals surface area contributed by atoms with Gasteiger partial charge in [0, 0.05) is 13.1 Å². The first kappa shape index (κ1) is 18.0. The predicted molar refractivity (Wildman–Crippen MR) is 89.9 cm³/mol. The Hall–Kier alpha value is -0.0800. The van der Waals surface area contributed by atoms with E-state index in [2.05, 4.69) is 33.0 Å². The van der Waals surface area contributed by atoms with Gasteiger partial charge in [-0.3, -0.25) is 0 Å². The molecule has 0 radical (unpaired) electrons. The summed E-state index contributed by atoms with van der Waals surface area (Å²) in [5.41, 5.74) is 6.90. The van der Waals surface area contributed by atoms with Crippen LogP contribution in [0.3, 0.4) is 0 Å². The van der Waals surface area contributed by atoms with Gasteiger partial charge in [0.15, 0.2) is 0 Å². The summed E-state index contributed by atoms with van der Waals surface area (Å²) in [7, 11) is 0. The number of unbranched alkanes of at least 4 members (excludes halogenated alkanes) is 2. The van der Waals surface area contributed by atoms with Crippen molar-refractivity contribution in [1.82, 2.24) is 5.32 Å². The third-order valence-electron chi connectivity index (χ3n) is 5.33. The lowest BCUT2D eigenvalue weighted by atomic mass is 9.70. The number of rotatable bonds is 9. The molecule has 0 aromatic heterocycles. The molecule has 1 rings (SSSR count). The Bertz CT molecular complexity index is 252. The van der Waals surface area contributed by atoms with Crippen LogP contribution < -0.4 is 11.1 Å². The van der Waals surface area contributed by atoms with Crippen LogP contribution in [-0.2, 0) is 0 Å². The summed E-state index contributed by atoms with van der Waals surface area (Å²) in [6.07, 6.45) is 10.7. The van der Waals surface area contributed by atoms with Crippen LogP contribution in [0.5, 0.6) is 0 Å². The van der Waals surface area contributed by atoms with Gasteiger partial charge in [-0.1, -0.05) is 59.8 Å². The van der Waals surface area contributed by atoms with Crippen molar-refractivity contribution in [2.24, 2.45) is 22.5 Å². The van der Waals surface area contributed by atoms with Gasteiger partial charge in [0.05, 0.1) is 0 Å². The lowest BCUT2D eigenvalue weighted by Gasteiger charge is -2.39. The van der Waals surface area contributed by atoms with Crippen LogP contribution in [0.25, 0.3) is 0 Å². The van der Waals surface area contributed by atoms with Gasteiger partial charge in [-0.15, -0.1) is 0 Å². The molecule has 0 bridgehead atoms. The van der Waals surface area contributed by atoms with Crippen LogP contribution in [-0.4, -0.2) is 19.6 Å². The van der Waals surface area contributed by atoms with Crippen LogP contribution in [0.15, 0.2) is 0 Å². The standard InChI is InChI=1S/C18H38N2/c1-5-6-7-10-17(3,4)14-20-15-18(13-19)11-8-16(2)9-12-18/h16,20H,5-15,19H2,1-4H3. The van der Waals surface area contributed by atoms with Crippen molar-refractivity contribution in [3.63, 3.8) is 0 Å². The maximum atomic E-state index is 6.09. The zero-order valence-corrected chi connectivity index (χ0v) is 14.4. The smallest absolute Gasteiger partial charge is 0.00201 e. The molecule has 0 aromatic rings. The molecule has 0 saturated heterocycles. The summed E-state index contributed by atoms with van der Waals surface area (Å²) in [6, 6.07) is 0. The van der Waals surface area contributed by atoms with Gasteiger partial charge in [0.1, 0.15) is 0 Å². The molecule has 0 aromatic carbocycles. The van der Waals surface area contributed by atoms with Crippen LogP contribution in [0.1, 0.15) is 79.1 Å². The van der Waals surface area contributed by atoms with Gasteiger partial charge < -0.3 is 11.1 Å². The summed E-state index contributed by atoms with van der Waals surface area (Å²) >= 11 is 0. The minimum atomic E-state index is 0.381. The summed E-state index contributed by atoms with van der Waals surface area (Å²) in [4.78, 5) is 0. The lowest BCUT2D eigenvalue weighted by molar-refractivity contribution is 0.152. The minimum absolute atomic E-state index is 0.381. The second-order valence-corrected chi connectivity index (χ2v) is 8.11. The average Bonchev–Trinajstić information content (AvgIpc) is 2.41. The maximum Gasteiger partial charge on any atom is 0.00201 e. The van der Waals surface area contributed by atoms with Crippen LogP contribution in [0.2, 0.25) is 0 Å². The van der Waals surface area contributed by atoms with E-state index in [-0.39, 0.29) is 0 Å². The van der Waals surface area contributed by atoms with E-state index in [9.17, 15) is 0 Å². The first-order valence-corrected chi connectivity index (χ1v) is 8.84. The molecule has 0 heterocycles. The van der Waals surface area contributed by atoms with Gasteiger partial charge in [-0.25, -0.2) is 0 Å². The third kappa shape index (κ3) is 6.13. The zero-order chi connectivity index (χ0) is 15.1. The van der Waals surface area contributed by atoms with E-state index < -0.39 is 0 Å². The Labute approximate surface area is 127 Å². The quantitative estimate of drug-likeness (QED) is 0.617. The molecule has 20 heavy (non-hydrogen) atoms. The first-order chi connectivity index (χ1) is 9.43. The highest BCUT2D eigenvalue weighted by atomic mass is 14.9. The number of nitrogens with one attached hydrogen (secondary N) is 1. The van der Waals surface area contributed by atoms with Crippen molar-refractivity contribution in [1.29, 1.82) is 0 Å². The minimum Gasteiger partial charge on any atom is -0.330 e. The van der Waals surface area contributed by atoms with Crippen molar-refractivity contribution in [2.45, 2.75) is 79.1 Å². The predicted octanol–water partition coefficient (Wildman–Crippen LogP) is 4.34. The molecule has 2 nitrogen and oxygen atoms in total. The summed E-state index contributed by atoms with van der Waals surface area (Å²) in [5.74, 6) is 0.903. The molecular formula is C18H38N2. The normalized spacial score (nSPS) is 27.8. The van der Waals surface area contributed by atoms with Gasteiger partial charge in [0.25, 0.3) is 0 Å². The fraction of sp³-hybridized carbons (Fsp3) is 1.00. The second-order valence-electron chi connectivity index (χ2n) is 8.11. The highest BCUT2D eigenvalue weighted by molar-refractivity contribution is 4.88.